The largest absolute Gasteiger partial charge is 0.345 e. The zero-order valence-corrected chi connectivity index (χ0v) is 10.9. The van der Waals surface area contributed by atoms with E-state index in [1.54, 1.807) is 0 Å². The molecule has 5 nitrogen and oxygen atoms in total. The van der Waals surface area contributed by atoms with Gasteiger partial charge in [-0.15, -0.1) is 0 Å². The van der Waals surface area contributed by atoms with Crippen LogP contribution in [0.5, 0.6) is 0 Å². The molecule has 0 amide bonds. The number of piperazine rings is 1. The molecule has 96 valence electrons. The van der Waals surface area contributed by atoms with E-state index in [1.807, 2.05) is 13.1 Å². The number of aromatic amines is 1. The number of hydrogen-bond donors (Lipinski definition) is 2. The molecule has 1 aromatic rings. The maximum atomic E-state index is 4.18. The van der Waals surface area contributed by atoms with Gasteiger partial charge in [0.05, 0.1) is 0 Å². The van der Waals surface area contributed by atoms with Crippen LogP contribution in [0.3, 0.4) is 0 Å². The Kier molecular flexibility index (Phi) is 4.53. The Morgan fingerprint density at radius 3 is 2.76 bits per heavy atom. The highest BCUT2D eigenvalue weighted by molar-refractivity contribution is 4.99. The molecule has 1 fully saturated rings. The third kappa shape index (κ3) is 4.11. The summed E-state index contributed by atoms with van der Waals surface area (Å²) in [7, 11) is 2.19. The molecule has 1 aliphatic rings. The third-order valence-electron chi connectivity index (χ3n) is 3.27. The van der Waals surface area contributed by atoms with Crippen LogP contribution in [0.2, 0.25) is 0 Å². The second-order valence-corrected chi connectivity index (χ2v) is 4.82. The molecule has 1 aromatic heterocycles. The van der Waals surface area contributed by atoms with Crippen molar-refractivity contribution in [3.05, 3.63) is 17.7 Å². The van der Waals surface area contributed by atoms with Crippen molar-refractivity contribution >= 4 is 0 Å². The van der Waals surface area contributed by atoms with Crippen molar-refractivity contribution in [1.29, 1.82) is 0 Å². The molecule has 2 heterocycles. The summed E-state index contributed by atoms with van der Waals surface area (Å²) in [5, 5.41) is 3.45. The highest BCUT2D eigenvalue weighted by Crippen LogP contribution is 1.98. The van der Waals surface area contributed by atoms with Gasteiger partial charge in [-0.25, -0.2) is 4.98 Å². The molecule has 0 bridgehead atoms. The number of aryl methyl sites for hydroxylation is 1. The molecule has 0 radical (unpaired) electrons. The fraction of sp³-hybridized carbons (Fsp3) is 0.750. The van der Waals surface area contributed by atoms with Crippen LogP contribution >= 0.6 is 0 Å². The predicted molar refractivity (Wildman–Crippen MR) is 69.0 cm³/mol. The minimum atomic E-state index is 0.884. The van der Waals surface area contributed by atoms with Crippen LogP contribution in [0.25, 0.3) is 0 Å². The van der Waals surface area contributed by atoms with E-state index >= 15 is 0 Å². The van der Waals surface area contributed by atoms with E-state index in [-0.39, 0.29) is 0 Å². The van der Waals surface area contributed by atoms with Gasteiger partial charge < -0.3 is 15.2 Å². The molecule has 1 saturated heterocycles. The summed E-state index contributed by atoms with van der Waals surface area (Å²) in [6.07, 6.45) is 1.90. The minimum Gasteiger partial charge on any atom is -0.345 e. The number of nitrogens with zero attached hydrogens (tertiary/aromatic N) is 3. The number of imidazole rings is 1. The number of aromatic nitrogens is 2. The van der Waals surface area contributed by atoms with Gasteiger partial charge in [0.1, 0.15) is 5.82 Å². The van der Waals surface area contributed by atoms with Crippen LogP contribution < -0.4 is 5.32 Å². The van der Waals surface area contributed by atoms with E-state index in [9.17, 15) is 0 Å². The van der Waals surface area contributed by atoms with Gasteiger partial charge in [-0.05, 0) is 14.0 Å². The molecular formula is C12H23N5. The highest BCUT2D eigenvalue weighted by atomic mass is 15.2. The Hall–Kier alpha value is -0.910. The van der Waals surface area contributed by atoms with Gasteiger partial charge in [-0.1, -0.05) is 0 Å². The zero-order chi connectivity index (χ0) is 12.1. The topological polar surface area (TPSA) is 47.2 Å². The molecule has 2 rings (SSSR count). The summed E-state index contributed by atoms with van der Waals surface area (Å²) in [5.74, 6) is 0.987. The van der Waals surface area contributed by atoms with Gasteiger partial charge in [0.15, 0.2) is 0 Å². The lowest BCUT2D eigenvalue weighted by atomic mass is 10.3. The molecule has 0 aromatic carbocycles. The summed E-state index contributed by atoms with van der Waals surface area (Å²) in [4.78, 5) is 12.3. The van der Waals surface area contributed by atoms with E-state index in [0.717, 1.165) is 25.5 Å². The summed E-state index contributed by atoms with van der Waals surface area (Å²) in [6, 6.07) is 0. The Morgan fingerprint density at radius 1 is 1.35 bits per heavy atom. The quantitative estimate of drug-likeness (QED) is 0.711. The Balaban J connectivity index is 1.57. The van der Waals surface area contributed by atoms with E-state index in [1.165, 1.54) is 31.9 Å². The van der Waals surface area contributed by atoms with Crippen LogP contribution in [0.15, 0.2) is 6.20 Å². The van der Waals surface area contributed by atoms with Gasteiger partial charge in [0.25, 0.3) is 0 Å². The smallest absolute Gasteiger partial charge is 0.103 e. The molecule has 0 aliphatic carbocycles. The first kappa shape index (κ1) is 12.5. The van der Waals surface area contributed by atoms with E-state index in [0.29, 0.717) is 0 Å². The molecule has 2 N–H and O–H groups in total. The second kappa shape index (κ2) is 6.14. The first-order chi connectivity index (χ1) is 8.24. The van der Waals surface area contributed by atoms with Crippen LogP contribution in [-0.2, 0) is 6.54 Å². The Bertz CT molecular complexity index is 327. The average Bonchev–Trinajstić information content (AvgIpc) is 2.73. The molecule has 0 atom stereocenters. The van der Waals surface area contributed by atoms with E-state index in [2.05, 4.69) is 32.1 Å². The lowest BCUT2D eigenvalue weighted by Gasteiger charge is -2.32. The SMILES string of the molecule is Cc1ncc(CNCCN2CCN(C)CC2)[nH]1. The zero-order valence-electron chi connectivity index (χ0n) is 10.9. The predicted octanol–water partition coefficient (Wildman–Crippen LogP) is 0.0551. The average molecular weight is 237 g/mol. The van der Waals surface area contributed by atoms with Crippen molar-refractivity contribution in [2.24, 2.45) is 0 Å². The van der Waals surface area contributed by atoms with Crippen molar-refractivity contribution < 1.29 is 0 Å². The molecule has 0 spiro atoms. The summed E-state index contributed by atoms with van der Waals surface area (Å²) < 4.78 is 0. The number of H-pyrrole nitrogens is 1. The number of likely N-dealkylation sites (N-methyl/N-ethyl adjacent to an activating group) is 1. The summed E-state index contributed by atoms with van der Waals surface area (Å²) in [5.41, 5.74) is 1.17. The second-order valence-electron chi connectivity index (χ2n) is 4.82. The molecule has 17 heavy (non-hydrogen) atoms. The maximum absolute atomic E-state index is 4.18. The fourth-order valence-electron chi connectivity index (χ4n) is 2.09. The number of hydrogen-bond acceptors (Lipinski definition) is 4. The molecule has 5 heteroatoms. The van der Waals surface area contributed by atoms with Gasteiger partial charge in [-0.2, -0.15) is 0 Å². The lowest BCUT2D eigenvalue weighted by molar-refractivity contribution is 0.154. The Labute approximate surface area is 103 Å². The molecule has 0 unspecified atom stereocenters. The van der Waals surface area contributed by atoms with Crippen molar-refractivity contribution in [3.63, 3.8) is 0 Å². The minimum absolute atomic E-state index is 0.884. The van der Waals surface area contributed by atoms with Crippen LogP contribution in [0.4, 0.5) is 0 Å². The van der Waals surface area contributed by atoms with E-state index < -0.39 is 0 Å². The van der Waals surface area contributed by atoms with Gasteiger partial charge in [0, 0.05) is 57.7 Å². The first-order valence-electron chi connectivity index (χ1n) is 6.36. The van der Waals surface area contributed by atoms with Crippen molar-refractivity contribution in [2.75, 3.05) is 46.3 Å². The lowest BCUT2D eigenvalue weighted by Crippen LogP contribution is -2.46. The fourth-order valence-corrected chi connectivity index (χ4v) is 2.09. The molecule has 1 aliphatic heterocycles. The monoisotopic (exact) mass is 237 g/mol. The first-order valence-corrected chi connectivity index (χ1v) is 6.36. The van der Waals surface area contributed by atoms with Crippen LogP contribution in [-0.4, -0.2) is 66.1 Å². The van der Waals surface area contributed by atoms with Crippen molar-refractivity contribution in [3.8, 4) is 0 Å². The van der Waals surface area contributed by atoms with Gasteiger partial charge >= 0.3 is 0 Å². The van der Waals surface area contributed by atoms with E-state index in [4.69, 9.17) is 0 Å². The normalized spacial score (nSPS) is 18.7. The van der Waals surface area contributed by atoms with Crippen molar-refractivity contribution in [1.82, 2.24) is 25.1 Å². The summed E-state index contributed by atoms with van der Waals surface area (Å²) in [6.45, 7) is 9.83. The highest BCUT2D eigenvalue weighted by Gasteiger charge is 2.12. The molecular weight excluding hydrogens is 214 g/mol. The van der Waals surface area contributed by atoms with Crippen LogP contribution in [0.1, 0.15) is 11.5 Å². The standard InChI is InChI=1S/C12H23N5/c1-11-14-10-12(15-11)9-13-3-4-17-7-5-16(2)6-8-17/h10,13H,3-9H2,1-2H3,(H,14,15). The summed E-state index contributed by atoms with van der Waals surface area (Å²) >= 11 is 0. The van der Waals surface area contributed by atoms with Crippen molar-refractivity contribution in [2.45, 2.75) is 13.5 Å². The Morgan fingerprint density at radius 2 is 2.12 bits per heavy atom. The van der Waals surface area contributed by atoms with Gasteiger partial charge in [0.2, 0.25) is 0 Å². The van der Waals surface area contributed by atoms with Crippen LogP contribution in [0, 0.1) is 6.92 Å². The third-order valence-corrected chi connectivity index (χ3v) is 3.27. The number of nitrogens with one attached hydrogen (secondary N) is 2. The number of rotatable bonds is 5. The van der Waals surface area contributed by atoms with Gasteiger partial charge in [-0.3, -0.25) is 4.90 Å². The maximum Gasteiger partial charge on any atom is 0.103 e. The molecule has 0 saturated carbocycles.